The number of carboxylic acid groups (broad SMARTS) is 1. The number of cyclic esters (lactones) is 1. The van der Waals surface area contributed by atoms with Crippen molar-refractivity contribution in [1.82, 2.24) is 0 Å². The molecule has 7 rings (SSSR count). The van der Waals surface area contributed by atoms with Gasteiger partial charge in [0.25, 0.3) is 0 Å². The topological polar surface area (TPSA) is 264 Å². The van der Waals surface area contributed by atoms with Crippen molar-refractivity contribution in [3.8, 4) is 0 Å². The van der Waals surface area contributed by atoms with Crippen molar-refractivity contribution in [2.45, 2.75) is 103 Å². The van der Waals surface area contributed by atoms with E-state index >= 15 is 0 Å². The van der Waals surface area contributed by atoms with Gasteiger partial charge in [0.15, 0.2) is 11.6 Å². The number of carboxylic acids is 1. The molecule has 5 aliphatic rings. The van der Waals surface area contributed by atoms with Crippen LogP contribution >= 0.6 is 0 Å². The summed E-state index contributed by atoms with van der Waals surface area (Å²) in [4.78, 5) is 78.5. The molecule has 0 aromatic carbocycles. The van der Waals surface area contributed by atoms with Crippen LogP contribution in [0.25, 0.3) is 0 Å². The van der Waals surface area contributed by atoms with E-state index in [4.69, 9.17) is 42.0 Å². The molecule has 0 amide bonds. The van der Waals surface area contributed by atoms with Gasteiger partial charge >= 0.3 is 42.7 Å². The van der Waals surface area contributed by atoms with E-state index in [1.54, 1.807) is 25.3 Å². The van der Waals surface area contributed by atoms with Crippen molar-refractivity contribution in [2.24, 2.45) is 57.2 Å². The second-order valence-corrected chi connectivity index (χ2v) is 18.9. The Morgan fingerprint density at radius 2 is 1.28 bits per heavy atom. The minimum Gasteiger partial charge on any atom is -0.870 e. The Hall–Kier alpha value is -3.86. The number of ether oxygens (including phenoxy) is 7. The Kier molecular flexibility index (Phi) is 17.7. The van der Waals surface area contributed by atoms with Crippen LogP contribution in [0.1, 0.15) is 102 Å². The van der Waals surface area contributed by atoms with E-state index in [2.05, 4.69) is 0 Å². The molecule has 2 aromatic heterocycles. The predicted molar refractivity (Wildman–Crippen MR) is 219 cm³/mol. The van der Waals surface area contributed by atoms with Crippen LogP contribution in [0.5, 0.6) is 0 Å². The Balaban J connectivity index is 0.000000276. The molecule has 4 unspecified atom stereocenters. The largest absolute Gasteiger partial charge is 1.00 e. The molecule has 356 valence electrons. The molecule has 2 aromatic rings. The van der Waals surface area contributed by atoms with E-state index in [-0.39, 0.29) is 87.1 Å². The first-order chi connectivity index (χ1) is 29.9. The smallest absolute Gasteiger partial charge is 0.870 e. The van der Waals surface area contributed by atoms with Crippen LogP contribution in [0, 0.1) is 57.2 Å². The number of aliphatic hydroxyl groups excluding tert-OH is 1. The molecule has 4 aliphatic carbocycles. The van der Waals surface area contributed by atoms with Crippen LogP contribution in [0.15, 0.2) is 46.0 Å². The third-order valence-corrected chi connectivity index (χ3v) is 15.6. The maximum atomic E-state index is 13.8. The third kappa shape index (κ3) is 9.78. The van der Waals surface area contributed by atoms with Gasteiger partial charge in [-0.25, -0.2) is 0 Å². The van der Waals surface area contributed by atoms with Gasteiger partial charge in [-0.1, -0.05) is 27.7 Å². The van der Waals surface area contributed by atoms with Gasteiger partial charge in [-0.05, 0) is 85.2 Å². The molecule has 0 spiro atoms. The van der Waals surface area contributed by atoms with Gasteiger partial charge in [0, 0.05) is 37.2 Å². The number of hydrogen-bond donors (Lipinski definition) is 2. The summed E-state index contributed by atoms with van der Waals surface area (Å²) in [5.41, 5.74) is -2.05. The first kappa shape index (κ1) is 53.7. The summed E-state index contributed by atoms with van der Waals surface area (Å²) in [6.07, 6.45) is 5.31. The van der Waals surface area contributed by atoms with Gasteiger partial charge in [-0.3, -0.25) is 28.8 Å². The Morgan fingerprint density at radius 3 is 1.77 bits per heavy atom. The average Bonchev–Trinajstić information content (AvgIpc) is 3.99. The minimum atomic E-state index is -1.14. The number of fused-ring (bicyclic) bond motifs is 4. The fourth-order valence-electron chi connectivity index (χ4n) is 12.6. The number of Topliss-reactive ketones (excluding diaryl/α,β-unsaturated/α-hetero) is 2. The number of carbonyl (C=O) groups excluding carboxylic acids is 5. The fourth-order valence-corrected chi connectivity index (χ4v) is 12.6. The van der Waals surface area contributed by atoms with E-state index in [0.717, 1.165) is 5.56 Å². The van der Waals surface area contributed by atoms with Gasteiger partial charge in [0.1, 0.15) is 31.9 Å². The van der Waals surface area contributed by atoms with E-state index in [0.29, 0.717) is 31.2 Å². The SMILES string of the molecule is COCO[C@H]1C[C@@H](C(=O)OC)[C@]2(C)CCC(C(=O)O)[C@](C)(C[C@H](O)c3ccoc3)C2C1=O.COCO[C@H]1C[C@@H](C(=O)OC)[C@]2(C)CCC3C(=O)O[C@H](c4ccoc4)C[C@]3(C)C2C1=O.[Li+].[OH-]. The van der Waals surface area contributed by atoms with Gasteiger partial charge in [-0.2, -0.15) is 0 Å². The Bertz CT molecular complexity index is 1970. The number of ketones is 2. The van der Waals surface area contributed by atoms with Gasteiger partial charge < -0.3 is 57.7 Å². The molecular formula is C46H63LiO18. The Morgan fingerprint density at radius 1 is 0.754 bits per heavy atom. The summed E-state index contributed by atoms with van der Waals surface area (Å²) in [7, 11) is 5.58. The number of carbonyl (C=O) groups is 6. The molecule has 4 saturated carbocycles. The molecule has 18 nitrogen and oxygen atoms in total. The molecule has 65 heavy (non-hydrogen) atoms. The van der Waals surface area contributed by atoms with E-state index < -0.39 is 93.5 Å². The molecular weight excluding hydrogens is 847 g/mol. The second-order valence-electron chi connectivity index (χ2n) is 18.9. The van der Waals surface area contributed by atoms with E-state index in [1.807, 2.05) is 20.8 Å². The number of aliphatic carboxylic acids is 1. The molecule has 3 N–H and O–H groups in total. The molecule has 1 aliphatic heterocycles. The number of furan rings is 2. The standard InChI is InChI=1S/C23H32O9.C23H30O8.Li.H2O/c1-22-7-5-14(20(26)27)23(2,10-16(24)13-6-8-31-11-13)19(22)18(25)17(32-12-29-3)9-15(22)21(28)30-4;1-22-7-5-14-21(26)31-17(13-6-8-29-11-13)10-23(14,2)19(22)18(24)16(30-12-27-3)9-15(22)20(25)28-4;;/h6,8,11,14-17,19,24H,5,7,9-10,12H2,1-4H3,(H,26,27);6,8,11,14-17,19H,5,7,9-10,12H2,1-4H3;;1H2/q;;+1;/p-1/t2*14?,15-,16-,17-,19?,22-,23-;;/m00../s1. The predicted octanol–water partition coefficient (Wildman–Crippen LogP) is 2.46. The number of methoxy groups -OCH3 is 4. The van der Waals surface area contributed by atoms with Crippen molar-refractivity contribution in [3.05, 3.63) is 48.3 Å². The van der Waals surface area contributed by atoms with Crippen molar-refractivity contribution in [1.29, 1.82) is 0 Å². The molecule has 3 heterocycles. The average molecular weight is 911 g/mol. The number of hydrogen-bond acceptors (Lipinski definition) is 17. The summed E-state index contributed by atoms with van der Waals surface area (Å²) in [5.74, 6) is -6.34. The third-order valence-electron chi connectivity index (χ3n) is 15.6. The van der Waals surface area contributed by atoms with Crippen molar-refractivity contribution >= 4 is 35.4 Å². The van der Waals surface area contributed by atoms with Crippen LogP contribution in [-0.2, 0) is 61.9 Å². The zero-order valence-electron chi connectivity index (χ0n) is 38.8. The van der Waals surface area contributed by atoms with E-state index in [1.165, 1.54) is 47.2 Å². The first-order valence-corrected chi connectivity index (χ1v) is 21.5. The number of esters is 3. The van der Waals surface area contributed by atoms with Crippen LogP contribution in [0.4, 0.5) is 0 Å². The minimum absolute atomic E-state index is 0. The monoisotopic (exact) mass is 910 g/mol. The molecule has 5 fully saturated rings. The molecule has 19 heteroatoms. The quantitative estimate of drug-likeness (QED) is 0.127. The van der Waals surface area contributed by atoms with Crippen LogP contribution < -0.4 is 18.9 Å². The van der Waals surface area contributed by atoms with Crippen molar-refractivity contribution < 1.29 is 105 Å². The fraction of sp³-hybridized carbons (Fsp3) is 0.696. The first-order valence-electron chi connectivity index (χ1n) is 21.5. The van der Waals surface area contributed by atoms with Crippen LogP contribution in [-0.4, -0.2) is 105 Å². The van der Waals surface area contributed by atoms with Crippen molar-refractivity contribution in [3.63, 3.8) is 0 Å². The molecule has 0 bridgehead atoms. The summed E-state index contributed by atoms with van der Waals surface area (Å²) >= 11 is 0. The van der Waals surface area contributed by atoms with Gasteiger partial charge in [0.05, 0.1) is 69.0 Å². The normalized spacial score (nSPS) is 36.6. The van der Waals surface area contributed by atoms with Crippen LogP contribution in [0.3, 0.4) is 0 Å². The summed E-state index contributed by atoms with van der Waals surface area (Å²) in [6, 6.07) is 3.38. The van der Waals surface area contributed by atoms with Gasteiger partial charge in [0.2, 0.25) is 0 Å². The van der Waals surface area contributed by atoms with Crippen molar-refractivity contribution in [2.75, 3.05) is 42.0 Å². The summed E-state index contributed by atoms with van der Waals surface area (Å²) in [6.45, 7) is 7.36. The van der Waals surface area contributed by atoms with Gasteiger partial charge in [-0.15, -0.1) is 0 Å². The second kappa shape index (κ2) is 21.4. The van der Waals surface area contributed by atoms with E-state index in [9.17, 15) is 39.0 Å². The molecule has 0 radical (unpaired) electrons. The summed E-state index contributed by atoms with van der Waals surface area (Å²) in [5, 5.41) is 21.0. The summed E-state index contributed by atoms with van der Waals surface area (Å²) < 4.78 is 47.5. The molecule has 1 saturated heterocycles. The zero-order valence-corrected chi connectivity index (χ0v) is 38.8. The number of aliphatic hydroxyl groups is 1. The Labute approximate surface area is 390 Å². The molecule has 14 atom stereocenters. The zero-order chi connectivity index (χ0) is 46.1. The maximum Gasteiger partial charge on any atom is 1.00 e. The van der Waals surface area contributed by atoms with Crippen LogP contribution in [0.2, 0.25) is 0 Å². The number of rotatable bonds is 13. The maximum absolute atomic E-state index is 13.8.